The zero-order valence-corrected chi connectivity index (χ0v) is 8.79. The van der Waals surface area contributed by atoms with Gasteiger partial charge in [-0.2, -0.15) is 0 Å². The van der Waals surface area contributed by atoms with E-state index in [1.807, 2.05) is 44.2 Å². The molecule has 0 aliphatic rings. The van der Waals surface area contributed by atoms with Crippen LogP contribution in [-0.4, -0.2) is 5.91 Å². The lowest BCUT2D eigenvalue weighted by Gasteiger charge is -2.06. The summed E-state index contributed by atoms with van der Waals surface area (Å²) in [5, 5.41) is 2.89. The molecule has 2 heteroatoms. The number of carbonyl (C=O) groups is 1. The molecule has 0 radical (unpaired) electrons. The Morgan fingerprint density at radius 2 is 2.00 bits per heavy atom. The molecule has 0 aliphatic heterocycles. The summed E-state index contributed by atoms with van der Waals surface area (Å²) in [7, 11) is 0. The SMILES string of the molecule is CC(C)CC(=O)NCc1ccccc1.[HH]. The summed E-state index contributed by atoms with van der Waals surface area (Å²) in [5.74, 6) is 0.551. The first-order valence-electron chi connectivity index (χ1n) is 4.99. The van der Waals surface area contributed by atoms with Gasteiger partial charge in [-0.1, -0.05) is 44.2 Å². The molecule has 2 nitrogen and oxygen atoms in total. The lowest BCUT2D eigenvalue weighted by Crippen LogP contribution is -2.23. The Labute approximate surface area is 86.8 Å². The fourth-order valence-electron chi connectivity index (χ4n) is 1.24. The highest BCUT2D eigenvalue weighted by atomic mass is 16.1. The first kappa shape index (κ1) is 10.8. The van der Waals surface area contributed by atoms with E-state index < -0.39 is 0 Å². The van der Waals surface area contributed by atoms with Crippen LogP contribution >= 0.6 is 0 Å². The molecule has 1 aromatic rings. The number of hydrogen-bond donors (Lipinski definition) is 1. The van der Waals surface area contributed by atoms with Crippen LogP contribution < -0.4 is 5.32 Å². The molecule has 1 amide bonds. The molecule has 14 heavy (non-hydrogen) atoms. The van der Waals surface area contributed by atoms with E-state index in [1.54, 1.807) is 0 Å². The highest BCUT2D eigenvalue weighted by molar-refractivity contribution is 5.76. The van der Waals surface area contributed by atoms with Crippen LogP contribution in [0.2, 0.25) is 0 Å². The quantitative estimate of drug-likeness (QED) is 0.782. The van der Waals surface area contributed by atoms with Crippen LogP contribution in [0.3, 0.4) is 0 Å². The van der Waals surface area contributed by atoms with Crippen molar-refractivity contribution in [2.45, 2.75) is 26.8 Å². The normalized spacial score (nSPS) is 10.2. The second kappa shape index (κ2) is 5.43. The Morgan fingerprint density at radius 3 is 2.57 bits per heavy atom. The standard InChI is InChI=1S/C12H17NO.H2/c1-10(2)8-12(14)13-9-11-6-4-3-5-7-11;/h3-7,10H,8-9H2,1-2H3,(H,13,14);1H. The first-order chi connectivity index (χ1) is 6.68. The fraction of sp³-hybridized carbons (Fsp3) is 0.417. The van der Waals surface area contributed by atoms with Crippen LogP contribution in [0.1, 0.15) is 27.3 Å². The van der Waals surface area contributed by atoms with Crippen molar-refractivity contribution >= 4 is 5.91 Å². The Morgan fingerprint density at radius 1 is 1.36 bits per heavy atom. The Hall–Kier alpha value is -1.31. The third kappa shape index (κ3) is 4.08. The van der Waals surface area contributed by atoms with E-state index in [-0.39, 0.29) is 7.33 Å². The van der Waals surface area contributed by atoms with Gasteiger partial charge in [-0.15, -0.1) is 0 Å². The van der Waals surface area contributed by atoms with E-state index in [1.165, 1.54) is 0 Å². The van der Waals surface area contributed by atoms with Gasteiger partial charge in [0.25, 0.3) is 0 Å². The van der Waals surface area contributed by atoms with E-state index in [0.29, 0.717) is 18.9 Å². The molecule has 0 heterocycles. The van der Waals surface area contributed by atoms with Crippen LogP contribution in [-0.2, 0) is 11.3 Å². The van der Waals surface area contributed by atoms with Gasteiger partial charge in [-0.05, 0) is 11.5 Å². The van der Waals surface area contributed by atoms with Gasteiger partial charge in [-0.3, -0.25) is 4.79 Å². The molecule has 0 aliphatic carbocycles. The molecule has 78 valence electrons. The molecule has 0 saturated heterocycles. The predicted molar refractivity (Wildman–Crippen MR) is 59.9 cm³/mol. The average molecular weight is 193 g/mol. The van der Waals surface area contributed by atoms with Gasteiger partial charge in [0.1, 0.15) is 0 Å². The third-order valence-corrected chi connectivity index (χ3v) is 1.93. The Bertz CT molecular complexity index is 285. The lowest BCUT2D eigenvalue weighted by molar-refractivity contribution is -0.121. The minimum absolute atomic E-state index is 0. The average Bonchev–Trinajstić information content (AvgIpc) is 2.15. The molecular weight excluding hydrogens is 174 g/mol. The molecule has 0 fully saturated rings. The Balaban J connectivity index is 0.00000196. The summed E-state index contributed by atoms with van der Waals surface area (Å²) < 4.78 is 0. The van der Waals surface area contributed by atoms with Crippen LogP contribution in [0, 0.1) is 5.92 Å². The highest BCUT2D eigenvalue weighted by Crippen LogP contribution is 2.00. The fourth-order valence-corrected chi connectivity index (χ4v) is 1.24. The topological polar surface area (TPSA) is 29.1 Å². The maximum atomic E-state index is 11.3. The minimum atomic E-state index is 0. The smallest absolute Gasteiger partial charge is 0.220 e. The van der Waals surface area contributed by atoms with Crippen molar-refractivity contribution < 1.29 is 6.22 Å². The summed E-state index contributed by atoms with van der Waals surface area (Å²) in [5.41, 5.74) is 1.14. The highest BCUT2D eigenvalue weighted by Gasteiger charge is 2.03. The number of hydrogen-bond acceptors (Lipinski definition) is 1. The van der Waals surface area contributed by atoms with Crippen molar-refractivity contribution in [2.75, 3.05) is 0 Å². The second-order valence-electron chi connectivity index (χ2n) is 3.86. The van der Waals surface area contributed by atoms with Crippen molar-refractivity contribution in [1.82, 2.24) is 5.32 Å². The van der Waals surface area contributed by atoms with Gasteiger partial charge >= 0.3 is 0 Å². The van der Waals surface area contributed by atoms with E-state index >= 15 is 0 Å². The van der Waals surface area contributed by atoms with Gasteiger partial charge < -0.3 is 5.32 Å². The predicted octanol–water partition coefficient (Wildman–Crippen LogP) is 2.59. The van der Waals surface area contributed by atoms with Gasteiger partial charge in [0.15, 0.2) is 0 Å². The van der Waals surface area contributed by atoms with Gasteiger partial charge in [0, 0.05) is 14.4 Å². The number of nitrogens with one attached hydrogen (secondary N) is 1. The summed E-state index contributed by atoms with van der Waals surface area (Å²) in [4.78, 5) is 11.3. The maximum Gasteiger partial charge on any atom is 0.220 e. The van der Waals surface area contributed by atoms with E-state index in [2.05, 4.69) is 5.32 Å². The van der Waals surface area contributed by atoms with Crippen molar-refractivity contribution in [2.24, 2.45) is 5.92 Å². The molecule has 0 spiro atoms. The largest absolute Gasteiger partial charge is 0.352 e. The molecule has 0 saturated carbocycles. The molecule has 0 unspecified atom stereocenters. The summed E-state index contributed by atoms with van der Waals surface area (Å²) in [6, 6.07) is 9.94. The molecule has 0 bridgehead atoms. The van der Waals surface area contributed by atoms with Crippen molar-refractivity contribution in [3.8, 4) is 0 Å². The van der Waals surface area contributed by atoms with E-state index in [9.17, 15) is 4.79 Å². The van der Waals surface area contributed by atoms with Gasteiger partial charge in [0.05, 0.1) is 0 Å². The van der Waals surface area contributed by atoms with Crippen LogP contribution in [0.25, 0.3) is 0 Å². The Kier molecular flexibility index (Phi) is 4.17. The summed E-state index contributed by atoms with van der Waals surface area (Å²) in [6.07, 6.45) is 0.604. The minimum Gasteiger partial charge on any atom is -0.352 e. The summed E-state index contributed by atoms with van der Waals surface area (Å²) >= 11 is 0. The van der Waals surface area contributed by atoms with E-state index in [4.69, 9.17) is 0 Å². The number of carbonyl (C=O) groups excluding carboxylic acids is 1. The van der Waals surface area contributed by atoms with Crippen LogP contribution in [0.5, 0.6) is 0 Å². The third-order valence-electron chi connectivity index (χ3n) is 1.93. The van der Waals surface area contributed by atoms with Gasteiger partial charge in [0.2, 0.25) is 5.91 Å². The monoisotopic (exact) mass is 193 g/mol. The van der Waals surface area contributed by atoms with Crippen LogP contribution in [0.4, 0.5) is 0 Å². The molecule has 1 aromatic carbocycles. The number of rotatable bonds is 4. The van der Waals surface area contributed by atoms with Crippen molar-refractivity contribution in [3.63, 3.8) is 0 Å². The van der Waals surface area contributed by atoms with E-state index in [0.717, 1.165) is 5.56 Å². The van der Waals surface area contributed by atoms with Crippen molar-refractivity contribution in [3.05, 3.63) is 35.9 Å². The zero-order valence-electron chi connectivity index (χ0n) is 8.79. The molecule has 1 rings (SSSR count). The molecule has 0 aromatic heterocycles. The van der Waals surface area contributed by atoms with Crippen molar-refractivity contribution in [1.29, 1.82) is 0 Å². The molecular formula is C12H19NO. The van der Waals surface area contributed by atoms with Crippen LogP contribution in [0.15, 0.2) is 30.3 Å². The summed E-state index contributed by atoms with van der Waals surface area (Å²) in [6.45, 7) is 4.72. The van der Waals surface area contributed by atoms with Gasteiger partial charge in [-0.25, -0.2) is 0 Å². The molecule has 1 N–H and O–H groups in total. The lowest BCUT2D eigenvalue weighted by atomic mass is 10.1. The maximum absolute atomic E-state index is 11.3. The second-order valence-corrected chi connectivity index (χ2v) is 3.86. The molecule has 0 atom stereocenters. The number of amides is 1. The number of benzene rings is 1. The first-order valence-corrected chi connectivity index (χ1v) is 4.99. The zero-order chi connectivity index (χ0) is 10.4.